The molecule has 0 amide bonds. The molecular weight excluding hydrogens is 242 g/mol. The first-order valence-corrected chi connectivity index (χ1v) is 8.40. The van der Waals surface area contributed by atoms with E-state index in [2.05, 4.69) is 38.1 Å². The average molecular weight is 269 g/mol. The molecule has 4 bridgehead atoms. The largest absolute Gasteiger partial charge is 0.328 e. The molecular formula is C19H27N. The highest BCUT2D eigenvalue weighted by Gasteiger charge is 2.56. The van der Waals surface area contributed by atoms with Crippen LogP contribution >= 0.6 is 0 Å². The molecule has 5 rings (SSSR count). The van der Waals surface area contributed by atoms with Gasteiger partial charge in [-0.1, -0.05) is 29.8 Å². The van der Waals surface area contributed by atoms with Crippen LogP contribution in [0.15, 0.2) is 24.3 Å². The van der Waals surface area contributed by atoms with Gasteiger partial charge in [0.15, 0.2) is 0 Å². The number of nitrogens with two attached hydrogens (primary N) is 1. The van der Waals surface area contributed by atoms with E-state index in [0.717, 1.165) is 23.7 Å². The van der Waals surface area contributed by atoms with Gasteiger partial charge in [0.1, 0.15) is 0 Å². The van der Waals surface area contributed by atoms with E-state index in [0.29, 0.717) is 11.5 Å². The first-order chi connectivity index (χ1) is 9.57. The maximum Gasteiger partial charge on any atom is 0.00440 e. The van der Waals surface area contributed by atoms with Crippen LogP contribution in [0.5, 0.6) is 0 Å². The van der Waals surface area contributed by atoms with E-state index < -0.39 is 0 Å². The molecule has 0 aliphatic heterocycles. The molecule has 4 saturated carbocycles. The van der Waals surface area contributed by atoms with Crippen LogP contribution in [0.2, 0.25) is 0 Å². The van der Waals surface area contributed by atoms with Crippen molar-refractivity contribution in [3.63, 3.8) is 0 Å². The second-order valence-corrected chi connectivity index (χ2v) is 8.06. The fourth-order valence-electron chi connectivity index (χ4n) is 6.25. The number of benzene rings is 1. The van der Waals surface area contributed by atoms with Gasteiger partial charge in [0.2, 0.25) is 0 Å². The smallest absolute Gasteiger partial charge is 0.00440 e. The van der Waals surface area contributed by atoms with Gasteiger partial charge in [-0.2, -0.15) is 0 Å². The highest BCUT2D eigenvalue weighted by Crippen LogP contribution is 2.63. The van der Waals surface area contributed by atoms with E-state index in [1.807, 2.05) is 0 Å². The Morgan fingerprint density at radius 3 is 2.45 bits per heavy atom. The van der Waals surface area contributed by atoms with Crippen molar-refractivity contribution in [3.05, 3.63) is 35.4 Å². The quantitative estimate of drug-likeness (QED) is 0.861. The molecule has 0 spiro atoms. The van der Waals surface area contributed by atoms with Gasteiger partial charge in [-0.15, -0.1) is 0 Å². The maximum atomic E-state index is 6.32. The second kappa shape index (κ2) is 4.34. The summed E-state index contributed by atoms with van der Waals surface area (Å²) in [6.07, 6.45) is 7.15. The van der Waals surface area contributed by atoms with Crippen molar-refractivity contribution >= 4 is 0 Å². The Labute approximate surface area is 122 Å². The summed E-state index contributed by atoms with van der Waals surface area (Å²) >= 11 is 0. The summed E-state index contributed by atoms with van der Waals surface area (Å²) in [7, 11) is 0. The Balaban J connectivity index is 1.72. The van der Waals surface area contributed by atoms with Gasteiger partial charge >= 0.3 is 0 Å². The lowest BCUT2D eigenvalue weighted by Crippen LogP contribution is -2.56. The second-order valence-electron chi connectivity index (χ2n) is 8.06. The molecule has 4 aliphatic rings. The van der Waals surface area contributed by atoms with Crippen LogP contribution in [0.4, 0.5) is 0 Å². The summed E-state index contributed by atoms with van der Waals surface area (Å²) in [5.41, 5.74) is 9.86. The van der Waals surface area contributed by atoms with Crippen molar-refractivity contribution in [1.29, 1.82) is 0 Å². The first kappa shape index (κ1) is 12.9. The SMILES string of the molecule is Cc1cccc(C23CC4CC(C2)C(C(C)N)C(C4)C3)c1. The highest BCUT2D eigenvalue weighted by molar-refractivity contribution is 5.33. The first-order valence-electron chi connectivity index (χ1n) is 8.40. The summed E-state index contributed by atoms with van der Waals surface area (Å²) in [5, 5.41) is 0. The molecule has 0 heterocycles. The van der Waals surface area contributed by atoms with E-state index >= 15 is 0 Å². The lowest BCUT2D eigenvalue weighted by molar-refractivity contribution is -0.0632. The summed E-state index contributed by atoms with van der Waals surface area (Å²) in [4.78, 5) is 0. The third kappa shape index (κ3) is 1.79. The summed E-state index contributed by atoms with van der Waals surface area (Å²) < 4.78 is 0. The van der Waals surface area contributed by atoms with Crippen LogP contribution in [0.3, 0.4) is 0 Å². The zero-order valence-electron chi connectivity index (χ0n) is 12.8. The third-order valence-corrected chi connectivity index (χ3v) is 6.58. The number of hydrogen-bond acceptors (Lipinski definition) is 1. The fraction of sp³-hybridized carbons (Fsp3) is 0.684. The minimum atomic E-state index is 0.388. The predicted octanol–water partition coefficient (Wildman–Crippen LogP) is 4.04. The van der Waals surface area contributed by atoms with Gasteiger partial charge in [0.25, 0.3) is 0 Å². The fourth-order valence-corrected chi connectivity index (χ4v) is 6.25. The van der Waals surface area contributed by atoms with Crippen molar-refractivity contribution in [3.8, 4) is 0 Å². The Morgan fingerprint density at radius 2 is 1.85 bits per heavy atom. The van der Waals surface area contributed by atoms with E-state index in [1.165, 1.54) is 37.7 Å². The van der Waals surface area contributed by atoms with Crippen molar-refractivity contribution in [1.82, 2.24) is 0 Å². The monoisotopic (exact) mass is 269 g/mol. The molecule has 20 heavy (non-hydrogen) atoms. The lowest BCUT2D eigenvalue weighted by atomic mass is 9.44. The normalized spacial score (nSPS) is 43.8. The van der Waals surface area contributed by atoms with Gasteiger partial charge < -0.3 is 5.73 Å². The van der Waals surface area contributed by atoms with Gasteiger partial charge in [0, 0.05) is 6.04 Å². The summed E-state index contributed by atoms with van der Waals surface area (Å²) in [5.74, 6) is 3.55. The minimum Gasteiger partial charge on any atom is -0.328 e. The van der Waals surface area contributed by atoms with E-state index in [9.17, 15) is 0 Å². The van der Waals surface area contributed by atoms with Crippen LogP contribution in [0, 0.1) is 30.6 Å². The van der Waals surface area contributed by atoms with Crippen LogP contribution in [-0.2, 0) is 5.41 Å². The van der Waals surface area contributed by atoms with Gasteiger partial charge in [-0.3, -0.25) is 0 Å². The molecule has 108 valence electrons. The summed E-state index contributed by atoms with van der Waals surface area (Å²) in [6, 6.07) is 9.72. The number of rotatable bonds is 2. The Bertz CT molecular complexity index is 502. The van der Waals surface area contributed by atoms with E-state index in [-0.39, 0.29) is 0 Å². The van der Waals surface area contributed by atoms with Crippen LogP contribution in [0.1, 0.15) is 50.2 Å². The Morgan fingerprint density at radius 1 is 1.15 bits per heavy atom. The van der Waals surface area contributed by atoms with E-state index in [4.69, 9.17) is 5.73 Å². The lowest BCUT2D eigenvalue weighted by Gasteiger charge is -2.61. The molecule has 4 fully saturated rings. The molecule has 1 aromatic carbocycles. The summed E-state index contributed by atoms with van der Waals surface area (Å²) in [6.45, 7) is 4.47. The molecule has 2 N–H and O–H groups in total. The highest BCUT2D eigenvalue weighted by atomic mass is 14.7. The maximum absolute atomic E-state index is 6.32. The molecule has 0 aromatic heterocycles. The van der Waals surface area contributed by atoms with Crippen LogP contribution in [0.25, 0.3) is 0 Å². The van der Waals surface area contributed by atoms with Crippen LogP contribution in [-0.4, -0.2) is 6.04 Å². The Kier molecular flexibility index (Phi) is 2.79. The Hall–Kier alpha value is -0.820. The van der Waals surface area contributed by atoms with Gasteiger partial charge in [-0.25, -0.2) is 0 Å². The molecule has 0 saturated heterocycles. The third-order valence-electron chi connectivity index (χ3n) is 6.58. The molecule has 1 aromatic rings. The van der Waals surface area contributed by atoms with E-state index in [1.54, 1.807) is 5.56 Å². The van der Waals surface area contributed by atoms with Gasteiger partial charge in [0.05, 0.1) is 0 Å². The van der Waals surface area contributed by atoms with Crippen LogP contribution < -0.4 is 5.73 Å². The molecule has 3 atom stereocenters. The molecule has 0 radical (unpaired) electrons. The van der Waals surface area contributed by atoms with Crippen molar-refractivity contribution in [2.75, 3.05) is 0 Å². The van der Waals surface area contributed by atoms with Crippen molar-refractivity contribution < 1.29 is 0 Å². The molecule has 1 nitrogen and oxygen atoms in total. The standard InChI is InChI=1S/C19H27N/c1-12-4-3-5-17(6-12)19-9-14-7-15(10-19)18(13(2)20)16(8-14)11-19/h3-6,13-16,18H,7-11,20H2,1-2H3. The topological polar surface area (TPSA) is 26.0 Å². The van der Waals surface area contributed by atoms with Crippen molar-refractivity contribution in [2.24, 2.45) is 29.4 Å². The molecule has 3 unspecified atom stereocenters. The van der Waals surface area contributed by atoms with Crippen molar-refractivity contribution in [2.45, 2.75) is 57.4 Å². The number of aryl methyl sites for hydroxylation is 1. The minimum absolute atomic E-state index is 0.388. The zero-order chi connectivity index (χ0) is 13.9. The molecule has 1 heteroatoms. The van der Waals surface area contributed by atoms with Gasteiger partial charge in [-0.05, 0) is 80.6 Å². The average Bonchev–Trinajstić information content (AvgIpc) is 2.37. The molecule has 4 aliphatic carbocycles. The predicted molar refractivity (Wildman–Crippen MR) is 83.6 cm³/mol. The zero-order valence-corrected chi connectivity index (χ0v) is 12.8. The number of hydrogen-bond donors (Lipinski definition) is 1.